The van der Waals surface area contributed by atoms with Gasteiger partial charge in [0.05, 0.1) is 16.5 Å². The summed E-state index contributed by atoms with van der Waals surface area (Å²) < 4.78 is 33.7. The van der Waals surface area contributed by atoms with E-state index in [2.05, 4.69) is 9.71 Å². The van der Waals surface area contributed by atoms with Gasteiger partial charge < -0.3 is 4.74 Å². The summed E-state index contributed by atoms with van der Waals surface area (Å²) in [5.41, 5.74) is 1.21. The quantitative estimate of drug-likeness (QED) is 0.701. The molecule has 0 saturated heterocycles. The molecule has 3 rings (SSSR count). The summed E-state index contributed by atoms with van der Waals surface area (Å²) in [5.74, 6) is 0.400. The van der Waals surface area contributed by atoms with E-state index in [1.54, 1.807) is 12.1 Å². The molecule has 1 unspecified atom stereocenters. The fourth-order valence-electron chi connectivity index (χ4n) is 2.46. The summed E-state index contributed by atoms with van der Waals surface area (Å²) in [6, 6.07) is 20.6. The van der Waals surface area contributed by atoms with Crippen LogP contribution in [-0.2, 0) is 10.0 Å². The Balaban J connectivity index is 1.86. The Bertz CT molecular complexity index is 1080. The smallest absolute Gasteiger partial charge is 0.263 e. The molecule has 3 aromatic rings. The average molecular weight is 379 g/mol. The first-order valence-corrected chi connectivity index (χ1v) is 9.67. The van der Waals surface area contributed by atoms with Crippen molar-refractivity contribution in [2.75, 3.05) is 4.72 Å². The van der Waals surface area contributed by atoms with Crippen LogP contribution in [0.2, 0.25) is 0 Å². The zero-order valence-corrected chi connectivity index (χ0v) is 15.3. The molecule has 0 saturated carbocycles. The fourth-order valence-corrected chi connectivity index (χ4v) is 3.53. The van der Waals surface area contributed by atoms with E-state index in [0.717, 1.165) is 5.56 Å². The Morgan fingerprint density at radius 1 is 1.07 bits per heavy atom. The molecule has 1 atom stereocenters. The van der Waals surface area contributed by atoms with E-state index >= 15 is 0 Å². The molecule has 0 aliphatic rings. The van der Waals surface area contributed by atoms with Gasteiger partial charge in [-0.2, -0.15) is 5.26 Å². The first-order chi connectivity index (χ1) is 13.0. The molecule has 1 aromatic heterocycles. The summed E-state index contributed by atoms with van der Waals surface area (Å²) in [5, 5.41) is 8.97. The van der Waals surface area contributed by atoms with Crippen LogP contribution in [0.15, 0.2) is 77.8 Å². The minimum Gasteiger partial charge on any atom is -0.482 e. The lowest BCUT2D eigenvalue weighted by molar-refractivity contribution is 0.227. The Morgan fingerprint density at radius 2 is 1.85 bits per heavy atom. The summed E-state index contributed by atoms with van der Waals surface area (Å²) in [7, 11) is -3.91. The third kappa shape index (κ3) is 4.43. The van der Waals surface area contributed by atoms with Gasteiger partial charge in [-0.3, -0.25) is 4.72 Å². The molecule has 0 aliphatic heterocycles. The lowest BCUT2D eigenvalue weighted by atomic mass is 10.1. The van der Waals surface area contributed by atoms with Gasteiger partial charge in [-0.05, 0) is 42.8 Å². The first-order valence-electron chi connectivity index (χ1n) is 8.19. The maximum absolute atomic E-state index is 12.7. The highest BCUT2D eigenvalue weighted by Crippen LogP contribution is 2.29. The molecule has 1 N–H and O–H groups in total. The molecule has 0 radical (unpaired) electrons. The molecule has 7 heteroatoms. The Hall–Kier alpha value is -3.37. The number of nitriles is 1. The number of pyridine rings is 1. The van der Waals surface area contributed by atoms with Gasteiger partial charge in [0.1, 0.15) is 6.10 Å². The molecule has 6 nitrogen and oxygen atoms in total. The molecular weight excluding hydrogens is 362 g/mol. The molecule has 1 heterocycles. The molecule has 2 aromatic carbocycles. The van der Waals surface area contributed by atoms with E-state index in [9.17, 15) is 8.42 Å². The molecule has 0 bridgehead atoms. The number of nitrogens with zero attached hydrogens (tertiary/aromatic N) is 2. The molecule has 0 spiro atoms. The van der Waals surface area contributed by atoms with Crippen LogP contribution in [0.4, 0.5) is 5.82 Å². The average Bonchev–Trinajstić information content (AvgIpc) is 2.70. The van der Waals surface area contributed by atoms with Crippen LogP contribution in [-0.4, -0.2) is 13.4 Å². The lowest BCUT2D eigenvalue weighted by Gasteiger charge is -2.17. The van der Waals surface area contributed by atoms with E-state index in [1.807, 2.05) is 43.3 Å². The number of aromatic nitrogens is 1. The lowest BCUT2D eigenvalue weighted by Crippen LogP contribution is -2.15. The highest BCUT2D eigenvalue weighted by atomic mass is 32.2. The van der Waals surface area contributed by atoms with Gasteiger partial charge in [0.15, 0.2) is 11.6 Å². The van der Waals surface area contributed by atoms with Crippen LogP contribution in [0.3, 0.4) is 0 Å². The third-order valence-corrected chi connectivity index (χ3v) is 5.18. The number of hydrogen-bond donors (Lipinski definition) is 1. The molecule has 27 heavy (non-hydrogen) atoms. The van der Waals surface area contributed by atoms with Crippen LogP contribution in [0, 0.1) is 11.3 Å². The number of sulfonamides is 1. The standard InChI is InChI=1S/C20H17N3O3S/c1-15(17-8-3-2-4-9-17)26-19-11-6-12-22-20(19)23-27(24,25)18-10-5-7-16(13-18)14-21/h2-13,15H,1H3,(H,22,23). The van der Waals surface area contributed by atoms with Crippen molar-refractivity contribution in [1.82, 2.24) is 4.98 Å². The summed E-state index contributed by atoms with van der Waals surface area (Å²) >= 11 is 0. The monoisotopic (exact) mass is 379 g/mol. The molecule has 0 amide bonds. The number of rotatable bonds is 6. The number of nitrogens with one attached hydrogen (secondary N) is 1. The van der Waals surface area contributed by atoms with Crippen LogP contribution in [0.25, 0.3) is 0 Å². The SMILES string of the molecule is CC(Oc1cccnc1NS(=O)(=O)c1cccc(C#N)c1)c1ccccc1. The van der Waals surface area contributed by atoms with Gasteiger partial charge in [0.2, 0.25) is 0 Å². The molecule has 0 fully saturated rings. The Kier molecular flexibility index (Phi) is 5.38. The molecule has 136 valence electrons. The third-order valence-electron chi connectivity index (χ3n) is 3.85. The van der Waals surface area contributed by atoms with Crippen molar-refractivity contribution in [3.8, 4) is 11.8 Å². The van der Waals surface area contributed by atoms with E-state index < -0.39 is 10.0 Å². The summed E-state index contributed by atoms with van der Waals surface area (Å²) in [6.45, 7) is 1.87. The Morgan fingerprint density at radius 3 is 2.59 bits per heavy atom. The van der Waals surface area contributed by atoms with Crippen molar-refractivity contribution >= 4 is 15.8 Å². The first kappa shape index (κ1) is 18.4. The zero-order chi connectivity index (χ0) is 19.3. The Labute approximate surface area is 158 Å². The zero-order valence-electron chi connectivity index (χ0n) is 14.5. The van der Waals surface area contributed by atoms with Crippen molar-refractivity contribution in [3.05, 3.63) is 84.1 Å². The van der Waals surface area contributed by atoms with Crippen molar-refractivity contribution < 1.29 is 13.2 Å². The number of benzene rings is 2. The van der Waals surface area contributed by atoms with Gasteiger partial charge in [-0.15, -0.1) is 0 Å². The van der Waals surface area contributed by atoms with Gasteiger partial charge in [0.25, 0.3) is 10.0 Å². The number of hydrogen-bond acceptors (Lipinski definition) is 5. The number of anilines is 1. The topological polar surface area (TPSA) is 92.1 Å². The second-order valence-electron chi connectivity index (χ2n) is 5.77. The van der Waals surface area contributed by atoms with Gasteiger partial charge >= 0.3 is 0 Å². The van der Waals surface area contributed by atoms with Crippen molar-refractivity contribution in [3.63, 3.8) is 0 Å². The van der Waals surface area contributed by atoms with Gasteiger partial charge in [-0.25, -0.2) is 13.4 Å². The largest absolute Gasteiger partial charge is 0.482 e. The maximum Gasteiger partial charge on any atom is 0.263 e. The highest BCUT2D eigenvalue weighted by Gasteiger charge is 2.19. The minimum atomic E-state index is -3.91. The second kappa shape index (κ2) is 7.89. The summed E-state index contributed by atoms with van der Waals surface area (Å²) in [6.07, 6.45) is 1.18. The van der Waals surface area contributed by atoms with Crippen molar-refractivity contribution in [2.24, 2.45) is 0 Å². The van der Waals surface area contributed by atoms with E-state index in [4.69, 9.17) is 10.00 Å². The highest BCUT2D eigenvalue weighted by molar-refractivity contribution is 7.92. The fraction of sp³-hybridized carbons (Fsp3) is 0.100. The normalized spacial score (nSPS) is 12.0. The van der Waals surface area contributed by atoms with E-state index in [1.165, 1.54) is 30.5 Å². The van der Waals surface area contributed by atoms with Crippen LogP contribution in [0.5, 0.6) is 5.75 Å². The van der Waals surface area contributed by atoms with Crippen LogP contribution in [0.1, 0.15) is 24.2 Å². The molecular formula is C20H17N3O3S. The second-order valence-corrected chi connectivity index (χ2v) is 7.45. The van der Waals surface area contributed by atoms with Gasteiger partial charge in [-0.1, -0.05) is 36.4 Å². The predicted octanol–water partition coefficient (Wildman–Crippen LogP) is 3.89. The predicted molar refractivity (Wildman–Crippen MR) is 102 cm³/mol. The minimum absolute atomic E-state index is 0.0192. The van der Waals surface area contributed by atoms with Crippen molar-refractivity contribution in [2.45, 2.75) is 17.9 Å². The van der Waals surface area contributed by atoms with Crippen LogP contribution >= 0.6 is 0 Å². The van der Waals surface area contributed by atoms with Crippen LogP contribution < -0.4 is 9.46 Å². The van der Waals surface area contributed by atoms with E-state index in [-0.39, 0.29) is 22.4 Å². The maximum atomic E-state index is 12.7. The van der Waals surface area contributed by atoms with Crippen molar-refractivity contribution in [1.29, 1.82) is 5.26 Å². The molecule has 0 aliphatic carbocycles. The summed E-state index contributed by atoms with van der Waals surface area (Å²) in [4.78, 5) is 4.08. The van der Waals surface area contributed by atoms with E-state index in [0.29, 0.717) is 5.75 Å². The number of ether oxygens (including phenoxy) is 1. The van der Waals surface area contributed by atoms with Gasteiger partial charge in [0, 0.05) is 6.20 Å².